The fourth-order valence-corrected chi connectivity index (χ4v) is 1.53. The highest BCUT2D eigenvalue weighted by atomic mass is 16.4. The minimum absolute atomic E-state index is 0.00641. The first-order valence-electron chi connectivity index (χ1n) is 6.53. The van der Waals surface area contributed by atoms with Crippen molar-refractivity contribution in [2.45, 2.75) is 50.6 Å². The van der Waals surface area contributed by atoms with E-state index in [2.05, 4.69) is 10.6 Å². The molecule has 1 saturated carbocycles. The minimum atomic E-state index is -0.972. The zero-order valence-corrected chi connectivity index (χ0v) is 10.9. The van der Waals surface area contributed by atoms with Gasteiger partial charge in [-0.25, -0.2) is 0 Å². The van der Waals surface area contributed by atoms with Gasteiger partial charge in [0.25, 0.3) is 0 Å². The van der Waals surface area contributed by atoms with Crippen LogP contribution in [0.15, 0.2) is 0 Å². The molecule has 7 nitrogen and oxygen atoms in total. The summed E-state index contributed by atoms with van der Waals surface area (Å²) < 4.78 is 0. The van der Waals surface area contributed by atoms with E-state index in [9.17, 15) is 14.4 Å². The quantitative estimate of drug-likeness (QED) is 0.415. The number of carboxylic acid groups (broad SMARTS) is 1. The second-order valence-electron chi connectivity index (χ2n) is 4.78. The van der Waals surface area contributed by atoms with Gasteiger partial charge in [0.2, 0.25) is 11.8 Å². The Morgan fingerprint density at radius 3 is 2.53 bits per heavy atom. The van der Waals surface area contributed by atoms with E-state index in [1.807, 2.05) is 0 Å². The van der Waals surface area contributed by atoms with E-state index in [-0.39, 0.29) is 24.7 Å². The van der Waals surface area contributed by atoms with Crippen LogP contribution in [0.5, 0.6) is 0 Å². The van der Waals surface area contributed by atoms with Crippen LogP contribution in [-0.2, 0) is 14.4 Å². The van der Waals surface area contributed by atoms with E-state index in [1.165, 1.54) is 0 Å². The van der Waals surface area contributed by atoms with Gasteiger partial charge in [-0.15, -0.1) is 0 Å². The second-order valence-corrected chi connectivity index (χ2v) is 4.78. The van der Waals surface area contributed by atoms with E-state index >= 15 is 0 Å². The molecule has 1 aliphatic carbocycles. The minimum Gasteiger partial charge on any atom is -0.481 e. The predicted octanol–water partition coefficient (Wildman–Crippen LogP) is -0.646. The normalized spacial score (nSPS) is 15.6. The van der Waals surface area contributed by atoms with Crippen molar-refractivity contribution >= 4 is 17.8 Å². The summed E-state index contributed by atoms with van der Waals surface area (Å²) in [5.74, 6) is -1.34. The van der Waals surface area contributed by atoms with Crippen LogP contribution in [-0.4, -0.2) is 41.5 Å². The number of carboxylic acids is 1. The van der Waals surface area contributed by atoms with Gasteiger partial charge in [-0.1, -0.05) is 0 Å². The number of carbonyl (C=O) groups excluding carboxylic acids is 2. The van der Waals surface area contributed by atoms with Crippen molar-refractivity contribution in [1.82, 2.24) is 10.6 Å². The summed E-state index contributed by atoms with van der Waals surface area (Å²) in [5.41, 5.74) is 5.53. The van der Waals surface area contributed by atoms with Crippen LogP contribution in [0.1, 0.15) is 38.5 Å². The third kappa shape index (κ3) is 7.40. The standard InChI is InChI=1S/C12H21N3O4/c13-9(5-6-11(17)18)12(19)14-7-1-2-10(16)15-8-3-4-8/h8-9H,1-7,13H2,(H,14,19)(H,15,16)(H,17,18). The molecule has 0 aromatic rings. The van der Waals surface area contributed by atoms with Gasteiger partial charge in [-0.3, -0.25) is 14.4 Å². The first-order chi connectivity index (χ1) is 8.99. The molecule has 1 aliphatic rings. The molecule has 0 bridgehead atoms. The first-order valence-corrected chi connectivity index (χ1v) is 6.53. The van der Waals surface area contributed by atoms with Gasteiger partial charge in [0.05, 0.1) is 6.04 Å². The molecule has 1 rings (SSSR count). The molecule has 0 radical (unpaired) electrons. The van der Waals surface area contributed by atoms with Crippen molar-refractivity contribution in [3.63, 3.8) is 0 Å². The summed E-state index contributed by atoms with van der Waals surface area (Å²) in [6, 6.07) is -0.456. The lowest BCUT2D eigenvalue weighted by molar-refractivity contribution is -0.137. The number of amides is 2. The number of hydrogen-bond donors (Lipinski definition) is 4. The van der Waals surface area contributed by atoms with Crippen molar-refractivity contribution in [1.29, 1.82) is 0 Å². The molecule has 7 heteroatoms. The molecule has 0 spiro atoms. The molecule has 2 amide bonds. The van der Waals surface area contributed by atoms with E-state index < -0.39 is 12.0 Å². The Bertz CT molecular complexity index is 342. The van der Waals surface area contributed by atoms with E-state index in [1.54, 1.807) is 0 Å². The Kier molecular flexibility index (Phi) is 6.27. The van der Waals surface area contributed by atoms with Gasteiger partial charge in [-0.2, -0.15) is 0 Å². The lowest BCUT2D eigenvalue weighted by atomic mass is 10.1. The third-order valence-electron chi connectivity index (χ3n) is 2.83. The maximum absolute atomic E-state index is 11.5. The number of rotatable bonds is 9. The summed E-state index contributed by atoms with van der Waals surface area (Å²) in [5, 5.41) is 13.9. The lowest BCUT2D eigenvalue weighted by Gasteiger charge is -2.11. The topological polar surface area (TPSA) is 122 Å². The Morgan fingerprint density at radius 1 is 1.26 bits per heavy atom. The van der Waals surface area contributed by atoms with Crippen LogP contribution in [0.3, 0.4) is 0 Å². The molecule has 0 heterocycles. The van der Waals surface area contributed by atoms with Gasteiger partial charge in [0, 0.05) is 25.4 Å². The highest BCUT2D eigenvalue weighted by molar-refractivity contribution is 5.82. The third-order valence-corrected chi connectivity index (χ3v) is 2.83. The van der Waals surface area contributed by atoms with Crippen molar-refractivity contribution in [3.8, 4) is 0 Å². The molecular formula is C12H21N3O4. The molecule has 1 unspecified atom stereocenters. The zero-order chi connectivity index (χ0) is 14.3. The smallest absolute Gasteiger partial charge is 0.303 e. The number of nitrogens with two attached hydrogens (primary N) is 1. The number of hydrogen-bond acceptors (Lipinski definition) is 4. The van der Waals surface area contributed by atoms with Gasteiger partial charge in [0.1, 0.15) is 0 Å². The van der Waals surface area contributed by atoms with Gasteiger partial charge in [-0.05, 0) is 25.7 Å². The number of aliphatic carboxylic acids is 1. The molecule has 1 atom stereocenters. The monoisotopic (exact) mass is 271 g/mol. The molecule has 1 fully saturated rings. The lowest BCUT2D eigenvalue weighted by Crippen LogP contribution is -2.41. The SMILES string of the molecule is NC(CCC(=O)O)C(=O)NCCCC(=O)NC1CC1. The molecule has 0 saturated heterocycles. The van der Waals surface area contributed by atoms with Crippen LogP contribution in [0.25, 0.3) is 0 Å². The van der Waals surface area contributed by atoms with Crippen molar-refractivity contribution in [3.05, 3.63) is 0 Å². The zero-order valence-electron chi connectivity index (χ0n) is 10.9. The molecule has 108 valence electrons. The van der Waals surface area contributed by atoms with E-state index in [0.29, 0.717) is 25.4 Å². The van der Waals surface area contributed by atoms with Gasteiger partial charge >= 0.3 is 5.97 Å². The molecular weight excluding hydrogens is 250 g/mol. The maximum Gasteiger partial charge on any atom is 0.303 e. The van der Waals surface area contributed by atoms with Crippen LogP contribution in [0.2, 0.25) is 0 Å². The van der Waals surface area contributed by atoms with Gasteiger partial charge < -0.3 is 21.5 Å². The molecule has 19 heavy (non-hydrogen) atoms. The highest BCUT2D eigenvalue weighted by Crippen LogP contribution is 2.18. The Hall–Kier alpha value is -1.63. The summed E-state index contributed by atoms with van der Waals surface area (Å²) in [7, 11) is 0. The van der Waals surface area contributed by atoms with Crippen molar-refractivity contribution < 1.29 is 19.5 Å². The van der Waals surface area contributed by atoms with E-state index in [0.717, 1.165) is 12.8 Å². The summed E-state index contributed by atoms with van der Waals surface area (Å²) in [6.45, 7) is 0.373. The van der Waals surface area contributed by atoms with Crippen LogP contribution in [0.4, 0.5) is 0 Å². The molecule has 0 aromatic heterocycles. The fourth-order valence-electron chi connectivity index (χ4n) is 1.53. The average molecular weight is 271 g/mol. The van der Waals surface area contributed by atoms with Crippen LogP contribution in [0, 0.1) is 0 Å². The van der Waals surface area contributed by atoms with Crippen LogP contribution < -0.4 is 16.4 Å². The molecule has 0 aromatic carbocycles. The number of nitrogens with one attached hydrogen (secondary N) is 2. The first kappa shape index (κ1) is 15.4. The molecule has 5 N–H and O–H groups in total. The van der Waals surface area contributed by atoms with Crippen molar-refractivity contribution in [2.75, 3.05) is 6.54 Å². The summed E-state index contributed by atoms with van der Waals surface area (Å²) in [6.07, 6.45) is 3.03. The Morgan fingerprint density at radius 2 is 1.95 bits per heavy atom. The molecule has 0 aliphatic heterocycles. The highest BCUT2D eigenvalue weighted by Gasteiger charge is 2.22. The second kappa shape index (κ2) is 7.73. The summed E-state index contributed by atoms with van der Waals surface area (Å²) in [4.78, 5) is 33.1. The largest absolute Gasteiger partial charge is 0.481 e. The maximum atomic E-state index is 11.5. The Labute approximate surface area is 111 Å². The van der Waals surface area contributed by atoms with Crippen molar-refractivity contribution in [2.24, 2.45) is 5.73 Å². The average Bonchev–Trinajstić information content (AvgIpc) is 3.15. The predicted molar refractivity (Wildman–Crippen MR) is 68.3 cm³/mol. The fraction of sp³-hybridized carbons (Fsp3) is 0.750. The summed E-state index contributed by atoms with van der Waals surface area (Å²) >= 11 is 0. The Balaban J connectivity index is 2.02. The van der Waals surface area contributed by atoms with E-state index in [4.69, 9.17) is 10.8 Å². The van der Waals surface area contributed by atoms with Gasteiger partial charge in [0.15, 0.2) is 0 Å². The number of carbonyl (C=O) groups is 3. The van der Waals surface area contributed by atoms with Crippen LogP contribution >= 0.6 is 0 Å².